The second kappa shape index (κ2) is 8.18. The molecule has 0 radical (unpaired) electrons. The highest BCUT2D eigenvalue weighted by molar-refractivity contribution is 5.14. The molecule has 0 bridgehead atoms. The van der Waals surface area contributed by atoms with Gasteiger partial charge in [0.25, 0.3) is 0 Å². The van der Waals surface area contributed by atoms with Crippen LogP contribution < -0.4 is 5.73 Å². The van der Waals surface area contributed by atoms with Crippen molar-refractivity contribution in [2.45, 2.75) is 57.9 Å². The number of nitrogens with two attached hydrogens (primary N) is 1. The molecule has 0 fully saturated rings. The van der Waals surface area contributed by atoms with Gasteiger partial charge in [-0.3, -0.25) is 4.98 Å². The first-order valence-corrected chi connectivity index (χ1v) is 6.60. The summed E-state index contributed by atoms with van der Waals surface area (Å²) in [7, 11) is 0. The number of halogens is 1. The summed E-state index contributed by atoms with van der Waals surface area (Å²) in [6.07, 6.45) is 11.3. The standard InChI is InChI=1S/C14H23FN2/c1-2-3-4-5-6-7-8-14(16)12-9-13(15)11-17-10-12/h9-11,14H,2-8,16H2,1H3. The predicted octanol–water partition coefficient (Wildman–Crippen LogP) is 3.97. The lowest BCUT2D eigenvalue weighted by molar-refractivity contribution is 0.542. The molecule has 1 aromatic rings. The van der Waals surface area contributed by atoms with Crippen molar-refractivity contribution >= 4 is 0 Å². The third kappa shape index (κ3) is 5.78. The predicted molar refractivity (Wildman–Crippen MR) is 69.1 cm³/mol. The Morgan fingerprint density at radius 2 is 1.88 bits per heavy atom. The summed E-state index contributed by atoms with van der Waals surface area (Å²) in [6.45, 7) is 2.22. The molecule has 0 spiro atoms. The molecule has 1 atom stereocenters. The highest BCUT2D eigenvalue weighted by atomic mass is 19.1. The number of hydrogen-bond acceptors (Lipinski definition) is 2. The van der Waals surface area contributed by atoms with Crippen LogP contribution in [0.4, 0.5) is 4.39 Å². The van der Waals surface area contributed by atoms with E-state index in [1.807, 2.05) is 0 Å². The summed E-state index contributed by atoms with van der Waals surface area (Å²) < 4.78 is 12.9. The van der Waals surface area contributed by atoms with E-state index in [2.05, 4.69) is 11.9 Å². The van der Waals surface area contributed by atoms with Crippen LogP contribution in [0.1, 0.15) is 63.5 Å². The smallest absolute Gasteiger partial charge is 0.141 e. The van der Waals surface area contributed by atoms with Gasteiger partial charge in [0.05, 0.1) is 6.20 Å². The quantitative estimate of drug-likeness (QED) is 0.696. The van der Waals surface area contributed by atoms with Crippen molar-refractivity contribution in [1.82, 2.24) is 4.98 Å². The second-order valence-corrected chi connectivity index (χ2v) is 4.60. The van der Waals surface area contributed by atoms with Crippen molar-refractivity contribution in [1.29, 1.82) is 0 Å². The Hall–Kier alpha value is -0.960. The zero-order chi connectivity index (χ0) is 12.5. The van der Waals surface area contributed by atoms with E-state index in [0.29, 0.717) is 0 Å². The van der Waals surface area contributed by atoms with Crippen molar-refractivity contribution in [3.8, 4) is 0 Å². The zero-order valence-corrected chi connectivity index (χ0v) is 10.7. The average Bonchev–Trinajstić information content (AvgIpc) is 2.33. The molecule has 3 heteroatoms. The highest BCUT2D eigenvalue weighted by Crippen LogP contribution is 2.17. The van der Waals surface area contributed by atoms with Crippen molar-refractivity contribution in [3.63, 3.8) is 0 Å². The first-order valence-electron chi connectivity index (χ1n) is 6.60. The monoisotopic (exact) mass is 238 g/mol. The molecule has 0 aliphatic carbocycles. The molecule has 0 aliphatic rings. The Labute approximate surface area is 103 Å². The van der Waals surface area contributed by atoms with Gasteiger partial charge in [-0.15, -0.1) is 0 Å². The molecule has 1 heterocycles. The Kier molecular flexibility index (Phi) is 6.78. The molecule has 2 N–H and O–H groups in total. The molecular formula is C14H23FN2. The third-order valence-electron chi connectivity index (χ3n) is 3.02. The molecule has 0 saturated heterocycles. The Balaban J connectivity index is 2.19. The third-order valence-corrected chi connectivity index (χ3v) is 3.02. The molecule has 1 aromatic heterocycles. The van der Waals surface area contributed by atoms with Gasteiger partial charge in [-0.2, -0.15) is 0 Å². The van der Waals surface area contributed by atoms with E-state index in [4.69, 9.17) is 5.73 Å². The van der Waals surface area contributed by atoms with E-state index in [1.165, 1.54) is 44.4 Å². The van der Waals surface area contributed by atoms with E-state index >= 15 is 0 Å². The van der Waals surface area contributed by atoms with Crippen LogP contribution in [-0.4, -0.2) is 4.98 Å². The molecule has 0 amide bonds. The number of rotatable bonds is 8. The Morgan fingerprint density at radius 1 is 1.18 bits per heavy atom. The van der Waals surface area contributed by atoms with E-state index in [1.54, 1.807) is 6.20 Å². The molecule has 0 aromatic carbocycles. The molecule has 0 aliphatic heterocycles. The zero-order valence-electron chi connectivity index (χ0n) is 10.7. The van der Waals surface area contributed by atoms with Crippen molar-refractivity contribution < 1.29 is 4.39 Å². The van der Waals surface area contributed by atoms with Crippen LogP contribution in [-0.2, 0) is 0 Å². The normalized spacial score (nSPS) is 12.6. The number of aromatic nitrogens is 1. The van der Waals surface area contributed by atoms with Gasteiger partial charge in [-0.1, -0.05) is 45.4 Å². The van der Waals surface area contributed by atoms with Gasteiger partial charge in [0.1, 0.15) is 5.82 Å². The lowest BCUT2D eigenvalue weighted by Crippen LogP contribution is -2.10. The van der Waals surface area contributed by atoms with Crippen molar-refractivity contribution in [3.05, 3.63) is 29.8 Å². The van der Waals surface area contributed by atoms with Gasteiger partial charge < -0.3 is 5.73 Å². The maximum absolute atomic E-state index is 12.9. The van der Waals surface area contributed by atoms with Gasteiger partial charge in [0.15, 0.2) is 0 Å². The fraction of sp³-hybridized carbons (Fsp3) is 0.643. The first kappa shape index (κ1) is 14.1. The van der Waals surface area contributed by atoms with Crippen LogP contribution >= 0.6 is 0 Å². The van der Waals surface area contributed by atoms with Crippen LogP contribution in [0.5, 0.6) is 0 Å². The van der Waals surface area contributed by atoms with E-state index < -0.39 is 0 Å². The van der Waals surface area contributed by atoms with Crippen molar-refractivity contribution in [2.24, 2.45) is 5.73 Å². The Bertz CT molecular complexity index is 315. The Morgan fingerprint density at radius 3 is 2.59 bits per heavy atom. The molecule has 0 saturated carbocycles. The molecule has 1 unspecified atom stereocenters. The van der Waals surface area contributed by atoms with Gasteiger partial charge in [-0.05, 0) is 18.1 Å². The maximum atomic E-state index is 12.9. The lowest BCUT2D eigenvalue weighted by Gasteiger charge is -2.11. The SMILES string of the molecule is CCCCCCCCC(N)c1cncc(F)c1. The van der Waals surface area contributed by atoms with Crippen LogP contribution in [0.3, 0.4) is 0 Å². The minimum absolute atomic E-state index is 0.0793. The summed E-state index contributed by atoms with van der Waals surface area (Å²) in [4.78, 5) is 3.82. The fourth-order valence-electron chi connectivity index (χ4n) is 1.94. The van der Waals surface area contributed by atoms with Crippen LogP contribution in [0.15, 0.2) is 18.5 Å². The lowest BCUT2D eigenvalue weighted by atomic mass is 10.0. The number of hydrogen-bond donors (Lipinski definition) is 1. The number of nitrogens with zero attached hydrogens (tertiary/aromatic N) is 1. The summed E-state index contributed by atoms with van der Waals surface area (Å²) in [5, 5.41) is 0. The first-order chi connectivity index (χ1) is 8.24. The minimum atomic E-state index is -0.305. The number of unbranched alkanes of at least 4 members (excludes halogenated alkanes) is 5. The minimum Gasteiger partial charge on any atom is -0.324 e. The summed E-state index contributed by atoms with van der Waals surface area (Å²) in [5.41, 5.74) is 6.80. The maximum Gasteiger partial charge on any atom is 0.141 e. The van der Waals surface area contributed by atoms with Gasteiger partial charge >= 0.3 is 0 Å². The van der Waals surface area contributed by atoms with Crippen molar-refractivity contribution in [2.75, 3.05) is 0 Å². The largest absolute Gasteiger partial charge is 0.324 e. The summed E-state index contributed by atoms with van der Waals surface area (Å²) in [5.74, 6) is -0.305. The molecule has 1 rings (SSSR count). The topological polar surface area (TPSA) is 38.9 Å². The summed E-state index contributed by atoms with van der Waals surface area (Å²) in [6, 6.07) is 1.40. The molecule has 96 valence electrons. The van der Waals surface area contributed by atoms with Crippen LogP contribution in [0.2, 0.25) is 0 Å². The average molecular weight is 238 g/mol. The van der Waals surface area contributed by atoms with Crippen LogP contribution in [0.25, 0.3) is 0 Å². The molecular weight excluding hydrogens is 215 g/mol. The van der Waals surface area contributed by atoms with E-state index in [0.717, 1.165) is 18.4 Å². The van der Waals surface area contributed by atoms with E-state index in [-0.39, 0.29) is 11.9 Å². The second-order valence-electron chi connectivity index (χ2n) is 4.60. The highest BCUT2D eigenvalue weighted by Gasteiger charge is 2.06. The van der Waals surface area contributed by atoms with Gasteiger partial charge in [-0.25, -0.2) is 4.39 Å². The summed E-state index contributed by atoms with van der Waals surface area (Å²) >= 11 is 0. The van der Waals surface area contributed by atoms with Gasteiger partial charge in [0.2, 0.25) is 0 Å². The van der Waals surface area contributed by atoms with Gasteiger partial charge in [0, 0.05) is 12.2 Å². The van der Waals surface area contributed by atoms with Crippen LogP contribution in [0, 0.1) is 5.82 Å². The number of pyridine rings is 1. The fourth-order valence-corrected chi connectivity index (χ4v) is 1.94. The molecule has 2 nitrogen and oxygen atoms in total. The van der Waals surface area contributed by atoms with E-state index in [9.17, 15) is 4.39 Å². The molecule has 17 heavy (non-hydrogen) atoms.